The van der Waals surface area contributed by atoms with E-state index in [0.717, 1.165) is 44.7 Å². The van der Waals surface area contributed by atoms with Gasteiger partial charge in [0.25, 0.3) is 0 Å². The van der Waals surface area contributed by atoms with Crippen LogP contribution in [0, 0.1) is 5.92 Å². The molecular formula is C21H27N5. The van der Waals surface area contributed by atoms with Crippen molar-refractivity contribution in [3.8, 4) is 0 Å². The first kappa shape index (κ1) is 17.2. The topological polar surface area (TPSA) is 37.2 Å². The lowest BCUT2D eigenvalue weighted by Crippen LogP contribution is -2.31. The third-order valence-electron chi connectivity index (χ3n) is 5.43. The Morgan fingerprint density at radius 1 is 1.08 bits per heavy atom. The molecule has 4 rings (SSSR count). The lowest BCUT2D eigenvalue weighted by molar-refractivity contribution is 0.244. The zero-order chi connectivity index (χ0) is 17.9. The van der Waals surface area contributed by atoms with Crippen LogP contribution < -0.4 is 0 Å². The van der Waals surface area contributed by atoms with Crippen molar-refractivity contribution in [3.63, 3.8) is 0 Å². The van der Waals surface area contributed by atoms with Gasteiger partial charge in [0.1, 0.15) is 0 Å². The van der Waals surface area contributed by atoms with Gasteiger partial charge in [-0.1, -0.05) is 18.2 Å². The van der Waals surface area contributed by atoms with Gasteiger partial charge in [0.05, 0.1) is 17.5 Å². The highest BCUT2D eigenvalue weighted by Crippen LogP contribution is 2.22. The molecule has 5 heteroatoms. The van der Waals surface area contributed by atoms with Gasteiger partial charge in [-0.15, -0.1) is 0 Å². The number of hydrogen-bond acceptors (Lipinski definition) is 4. The molecule has 1 aromatic carbocycles. The van der Waals surface area contributed by atoms with E-state index in [4.69, 9.17) is 0 Å². The molecule has 5 nitrogen and oxygen atoms in total. The molecule has 1 fully saturated rings. The summed E-state index contributed by atoms with van der Waals surface area (Å²) < 4.78 is 2.12. The van der Waals surface area contributed by atoms with E-state index in [1.54, 1.807) is 0 Å². The molecule has 3 aromatic rings. The lowest BCUT2D eigenvalue weighted by atomic mass is 9.95. The second-order valence-electron chi connectivity index (χ2n) is 7.55. The van der Waals surface area contributed by atoms with Crippen LogP contribution in [-0.2, 0) is 20.0 Å². The Kier molecular flexibility index (Phi) is 5.00. The molecule has 1 saturated heterocycles. The van der Waals surface area contributed by atoms with E-state index in [2.05, 4.69) is 62.7 Å². The average molecular weight is 349 g/mol. The molecule has 1 aliphatic heterocycles. The molecule has 1 atom stereocenters. The van der Waals surface area contributed by atoms with Gasteiger partial charge in [0.2, 0.25) is 0 Å². The summed E-state index contributed by atoms with van der Waals surface area (Å²) in [6, 6.07) is 10.7. The van der Waals surface area contributed by atoms with E-state index >= 15 is 0 Å². The van der Waals surface area contributed by atoms with Crippen LogP contribution in [0.4, 0.5) is 0 Å². The molecule has 0 spiro atoms. The number of aryl methyl sites for hydroxylation is 1. The van der Waals surface area contributed by atoms with Crippen molar-refractivity contribution in [2.75, 3.05) is 33.2 Å². The minimum Gasteiger partial charge on any atom is -0.337 e. The Labute approximate surface area is 155 Å². The second kappa shape index (κ2) is 7.56. The van der Waals surface area contributed by atoms with Crippen LogP contribution in [0.3, 0.4) is 0 Å². The maximum atomic E-state index is 4.51. The highest BCUT2D eigenvalue weighted by atomic mass is 15.2. The number of likely N-dealkylation sites (N-methyl/N-ethyl adjacent to an activating group) is 1. The fourth-order valence-corrected chi connectivity index (χ4v) is 4.05. The van der Waals surface area contributed by atoms with Crippen molar-refractivity contribution < 1.29 is 0 Å². The summed E-state index contributed by atoms with van der Waals surface area (Å²) in [4.78, 5) is 13.8. The summed E-state index contributed by atoms with van der Waals surface area (Å²) >= 11 is 0. The maximum absolute atomic E-state index is 4.51. The predicted molar refractivity (Wildman–Crippen MR) is 105 cm³/mol. The Morgan fingerprint density at radius 3 is 2.85 bits per heavy atom. The molecule has 1 aliphatic rings. The summed E-state index contributed by atoms with van der Waals surface area (Å²) in [5.41, 5.74) is 3.79. The van der Waals surface area contributed by atoms with Crippen molar-refractivity contribution in [3.05, 3.63) is 60.3 Å². The molecular weight excluding hydrogens is 322 g/mol. The van der Waals surface area contributed by atoms with Gasteiger partial charge in [-0.05, 0) is 37.1 Å². The number of pyridine rings is 1. The maximum Gasteiger partial charge on any atom is 0.0945 e. The quantitative estimate of drug-likeness (QED) is 0.725. The minimum atomic E-state index is 0.613. The summed E-state index contributed by atoms with van der Waals surface area (Å²) in [7, 11) is 4.32. The Morgan fingerprint density at radius 2 is 2.00 bits per heavy atom. The molecule has 0 N–H and O–H groups in total. The number of fused-ring (bicyclic) bond motifs is 1. The smallest absolute Gasteiger partial charge is 0.0945 e. The van der Waals surface area contributed by atoms with Crippen LogP contribution in [0.2, 0.25) is 0 Å². The van der Waals surface area contributed by atoms with Crippen LogP contribution in [-0.4, -0.2) is 57.6 Å². The first-order valence-corrected chi connectivity index (χ1v) is 9.38. The van der Waals surface area contributed by atoms with Crippen molar-refractivity contribution in [2.24, 2.45) is 13.0 Å². The largest absolute Gasteiger partial charge is 0.337 e. The summed E-state index contributed by atoms with van der Waals surface area (Å²) in [5, 5.41) is 1.29. The number of hydrogen-bond donors (Lipinski definition) is 0. The molecule has 3 heterocycles. The molecule has 26 heavy (non-hydrogen) atoms. The average Bonchev–Trinajstić information content (AvgIpc) is 2.95. The fourth-order valence-electron chi connectivity index (χ4n) is 4.05. The highest BCUT2D eigenvalue weighted by molar-refractivity contribution is 5.81. The van der Waals surface area contributed by atoms with Gasteiger partial charge in [-0.25, -0.2) is 4.98 Å². The summed E-state index contributed by atoms with van der Waals surface area (Å²) in [6.45, 7) is 5.45. The Bertz CT molecular complexity index is 866. The van der Waals surface area contributed by atoms with Crippen LogP contribution in [0.5, 0.6) is 0 Å². The fraction of sp³-hybridized carbons (Fsp3) is 0.429. The van der Waals surface area contributed by atoms with E-state index in [-0.39, 0.29) is 0 Å². The predicted octanol–water partition coefficient (Wildman–Crippen LogP) is 2.57. The second-order valence-corrected chi connectivity index (χ2v) is 7.55. The van der Waals surface area contributed by atoms with E-state index in [0.29, 0.717) is 5.92 Å². The zero-order valence-electron chi connectivity index (χ0n) is 15.7. The molecule has 0 bridgehead atoms. The number of aromatic nitrogens is 3. The monoisotopic (exact) mass is 349 g/mol. The highest BCUT2D eigenvalue weighted by Gasteiger charge is 2.22. The van der Waals surface area contributed by atoms with E-state index in [1.807, 2.05) is 24.8 Å². The molecule has 0 unspecified atom stereocenters. The lowest BCUT2D eigenvalue weighted by Gasteiger charge is -2.24. The van der Waals surface area contributed by atoms with Gasteiger partial charge >= 0.3 is 0 Å². The number of nitrogens with zero attached hydrogens (tertiary/aromatic N) is 5. The molecule has 136 valence electrons. The van der Waals surface area contributed by atoms with E-state index < -0.39 is 0 Å². The Balaban J connectivity index is 1.53. The molecule has 0 saturated carbocycles. The first-order chi connectivity index (χ1) is 12.7. The van der Waals surface area contributed by atoms with Crippen LogP contribution >= 0.6 is 0 Å². The molecule has 0 aliphatic carbocycles. The van der Waals surface area contributed by atoms with Gasteiger partial charge in [-0.3, -0.25) is 9.88 Å². The SMILES string of the molecule is CN1CCN(Cc2cncn2C)C[C@H](Cc2cccc3ncccc23)C1. The van der Waals surface area contributed by atoms with E-state index in [9.17, 15) is 0 Å². The van der Waals surface area contributed by atoms with Crippen LogP contribution in [0.1, 0.15) is 11.3 Å². The molecule has 2 aromatic heterocycles. The third kappa shape index (κ3) is 3.79. The number of benzene rings is 1. The van der Waals surface area contributed by atoms with Gasteiger partial charge in [-0.2, -0.15) is 0 Å². The van der Waals surface area contributed by atoms with Gasteiger partial charge in [0, 0.05) is 57.6 Å². The normalized spacial score (nSPS) is 19.7. The van der Waals surface area contributed by atoms with Crippen molar-refractivity contribution in [2.45, 2.75) is 13.0 Å². The minimum absolute atomic E-state index is 0.613. The van der Waals surface area contributed by atoms with Gasteiger partial charge < -0.3 is 9.47 Å². The Hall–Kier alpha value is -2.24. The summed E-state index contributed by atoms with van der Waals surface area (Å²) in [5.74, 6) is 0.613. The van der Waals surface area contributed by atoms with Crippen molar-refractivity contribution in [1.82, 2.24) is 24.3 Å². The van der Waals surface area contributed by atoms with Crippen molar-refractivity contribution in [1.29, 1.82) is 0 Å². The molecule has 0 amide bonds. The number of imidazole rings is 1. The first-order valence-electron chi connectivity index (χ1n) is 9.38. The summed E-state index contributed by atoms with van der Waals surface area (Å²) in [6.07, 6.45) is 6.84. The number of rotatable bonds is 4. The zero-order valence-corrected chi connectivity index (χ0v) is 15.7. The molecule has 0 radical (unpaired) electrons. The van der Waals surface area contributed by atoms with Gasteiger partial charge in [0.15, 0.2) is 0 Å². The van der Waals surface area contributed by atoms with Crippen molar-refractivity contribution >= 4 is 10.9 Å². The van der Waals surface area contributed by atoms with Crippen LogP contribution in [0.25, 0.3) is 10.9 Å². The standard InChI is InChI=1S/C21H27N5/c1-24-9-10-26(15-19-12-22-16-25(19)2)14-17(13-24)11-18-5-3-7-21-20(18)6-4-8-23-21/h3-8,12,16-17H,9-11,13-15H2,1-2H3/t17-/m1/s1. The van der Waals surface area contributed by atoms with Crippen LogP contribution in [0.15, 0.2) is 49.1 Å². The third-order valence-corrected chi connectivity index (χ3v) is 5.43. The van der Waals surface area contributed by atoms with E-state index in [1.165, 1.54) is 16.6 Å².